The average molecular weight is 378 g/mol. The maximum absolute atomic E-state index is 12.0. The number of hydrogen-bond acceptors (Lipinski definition) is 3. The van der Waals surface area contributed by atoms with E-state index in [4.69, 9.17) is 11.6 Å². The molecule has 5 nitrogen and oxygen atoms in total. The summed E-state index contributed by atoms with van der Waals surface area (Å²) in [5.41, 5.74) is 0.419. The first kappa shape index (κ1) is 15.0. The first-order valence-electron chi connectivity index (χ1n) is 5.41. The molecular formula is C12H10BrClN2O3S. The third kappa shape index (κ3) is 3.78. The molecule has 0 radical (unpaired) electrons. The number of aromatic hydroxyl groups is 1. The van der Waals surface area contributed by atoms with Crippen LogP contribution < -0.4 is 9.44 Å². The molecule has 0 saturated carbocycles. The molecule has 0 heterocycles. The minimum Gasteiger partial charge on any atom is -0.506 e. The van der Waals surface area contributed by atoms with Crippen LogP contribution in [0.5, 0.6) is 5.75 Å². The van der Waals surface area contributed by atoms with Crippen LogP contribution in [0, 0.1) is 0 Å². The van der Waals surface area contributed by atoms with Crippen LogP contribution in [0.25, 0.3) is 0 Å². The molecule has 0 bridgehead atoms. The van der Waals surface area contributed by atoms with Crippen molar-refractivity contribution < 1.29 is 13.5 Å². The first-order chi connectivity index (χ1) is 9.37. The van der Waals surface area contributed by atoms with Crippen molar-refractivity contribution in [3.63, 3.8) is 0 Å². The highest BCUT2D eigenvalue weighted by atomic mass is 79.9. The second kappa shape index (κ2) is 5.90. The average Bonchev–Trinajstić information content (AvgIpc) is 2.35. The summed E-state index contributed by atoms with van der Waals surface area (Å²) in [6.45, 7) is 0. The molecule has 0 unspecified atom stereocenters. The van der Waals surface area contributed by atoms with E-state index < -0.39 is 10.2 Å². The van der Waals surface area contributed by atoms with Crippen LogP contribution in [-0.4, -0.2) is 13.5 Å². The molecule has 0 amide bonds. The van der Waals surface area contributed by atoms with Crippen molar-refractivity contribution >= 4 is 49.1 Å². The van der Waals surface area contributed by atoms with E-state index in [0.29, 0.717) is 15.2 Å². The normalized spacial score (nSPS) is 11.1. The molecule has 0 aromatic heterocycles. The zero-order chi connectivity index (χ0) is 14.8. The molecular weight excluding hydrogens is 368 g/mol. The van der Waals surface area contributed by atoms with Gasteiger partial charge in [-0.05, 0) is 40.2 Å². The number of phenols is 1. The Morgan fingerprint density at radius 1 is 1.05 bits per heavy atom. The highest BCUT2D eigenvalue weighted by molar-refractivity contribution is 9.10. The van der Waals surface area contributed by atoms with Crippen LogP contribution in [0.3, 0.4) is 0 Å². The molecule has 8 heteroatoms. The van der Waals surface area contributed by atoms with Crippen molar-refractivity contribution in [3.05, 3.63) is 52.0 Å². The molecule has 0 atom stereocenters. The Balaban J connectivity index is 2.22. The predicted octanol–water partition coefficient (Wildman–Crippen LogP) is 3.58. The summed E-state index contributed by atoms with van der Waals surface area (Å²) in [5.74, 6) is -0.255. The van der Waals surface area contributed by atoms with Gasteiger partial charge in [0, 0.05) is 15.6 Å². The highest BCUT2D eigenvalue weighted by Crippen LogP contribution is 2.28. The molecule has 0 aliphatic carbocycles. The summed E-state index contributed by atoms with van der Waals surface area (Å²) in [6, 6.07) is 10.9. The predicted molar refractivity (Wildman–Crippen MR) is 83.4 cm³/mol. The fourth-order valence-corrected chi connectivity index (χ4v) is 3.11. The van der Waals surface area contributed by atoms with Crippen LogP contribution >= 0.6 is 27.5 Å². The molecule has 3 N–H and O–H groups in total. The number of rotatable bonds is 4. The minimum absolute atomic E-state index is 0.0361. The Bertz CT molecular complexity index is 737. The van der Waals surface area contributed by atoms with Gasteiger partial charge in [-0.25, -0.2) is 0 Å². The van der Waals surface area contributed by atoms with Gasteiger partial charge < -0.3 is 5.11 Å². The van der Waals surface area contributed by atoms with Crippen LogP contribution in [-0.2, 0) is 10.2 Å². The molecule has 2 aromatic rings. The molecule has 0 fully saturated rings. The molecule has 0 saturated heterocycles. The number of halogens is 2. The topological polar surface area (TPSA) is 78.4 Å². The number of anilines is 2. The van der Waals surface area contributed by atoms with Crippen LogP contribution in [0.15, 0.2) is 46.9 Å². The van der Waals surface area contributed by atoms with E-state index in [2.05, 4.69) is 25.4 Å². The van der Waals surface area contributed by atoms with Gasteiger partial charge in [0.15, 0.2) is 0 Å². The van der Waals surface area contributed by atoms with Crippen LogP contribution in [0.4, 0.5) is 11.4 Å². The Morgan fingerprint density at radius 2 is 1.70 bits per heavy atom. The van der Waals surface area contributed by atoms with Crippen molar-refractivity contribution in [2.45, 2.75) is 0 Å². The zero-order valence-corrected chi connectivity index (χ0v) is 13.1. The van der Waals surface area contributed by atoms with Gasteiger partial charge in [0.1, 0.15) is 5.75 Å². The van der Waals surface area contributed by atoms with Gasteiger partial charge in [-0.15, -0.1) is 0 Å². The number of benzene rings is 2. The van der Waals surface area contributed by atoms with Crippen molar-refractivity contribution in [1.29, 1.82) is 0 Å². The molecule has 2 rings (SSSR count). The molecule has 2 aromatic carbocycles. The van der Waals surface area contributed by atoms with Gasteiger partial charge in [-0.3, -0.25) is 9.44 Å². The van der Waals surface area contributed by atoms with Gasteiger partial charge in [0.2, 0.25) is 0 Å². The van der Waals surface area contributed by atoms with E-state index in [9.17, 15) is 13.5 Å². The van der Waals surface area contributed by atoms with Crippen LogP contribution in [0.1, 0.15) is 0 Å². The van der Waals surface area contributed by atoms with E-state index in [1.165, 1.54) is 18.2 Å². The van der Waals surface area contributed by atoms with Crippen molar-refractivity contribution in [2.24, 2.45) is 0 Å². The Morgan fingerprint density at radius 3 is 2.35 bits per heavy atom. The molecule has 0 aliphatic heterocycles. The molecule has 106 valence electrons. The third-order valence-corrected chi connectivity index (χ3v) is 4.23. The number of nitrogens with one attached hydrogen (secondary N) is 2. The van der Waals surface area contributed by atoms with Crippen molar-refractivity contribution in [3.8, 4) is 5.75 Å². The van der Waals surface area contributed by atoms with Crippen molar-refractivity contribution in [2.75, 3.05) is 9.44 Å². The lowest BCUT2D eigenvalue weighted by Gasteiger charge is -2.12. The van der Waals surface area contributed by atoms with Crippen molar-refractivity contribution in [1.82, 2.24) is 0 Å². The maximum Gasteiger partial charge on any atom is 0.321 e. The second-order valence-electron chi connectivity index (χ2n) is 3.85. The Kier molecular flexibility index (Phi) is 4.42. The van der Waals surface area contributed by atoms with E-state index in [0.717, 1.165) is 0 Å². The van der Waals surface area contributed by atoms with Gasteiger partial charge >= 0.3 is 10.2 Å². The van der Waals surface area contributed by atoms with E-state index in [-0.39, 0.29) is 11.4 Å². The molecule has 20 heavy (non-hydrogen) atoms. The largest absolute Gasteiger partial charge is 0.506 e. The minimum atomic E-state index is -3.88. The fraction of sp³-hybridized carbons (Fsp3) is 0. The molecule has 0 spiro atoms. The van der Waals surface area contributed by atoms with Gasteiger partial charge in [-0.1, -0.05) is 23.7 Å². The third-order valence-electron chi connectivity index (χ3n) is 2.32. The lowest BCUT2D eigenvalue weighted by Crippen LogP contribution is -2.21. The lowest BCUT2D eigenvalue weighted by atomic mass is 10.3. The number of phenolic OH excluding ortho intramolecular Hbond substituents is 1. The van der Waals surface area contributed by atoms with E-state index in [1.807, 2.05) is 0 Å². The smallest absolute Gasteiger partial charge is 0.321 e. The van der Waals surface area contributed by atoms with Crippen LogP contribution in [0.2, 0.25) is 5.02 Å². The zero-order valence-electron chi connectivity index (χ0n) is 9.97. The van der Waals surface area contributed by atoms with Gasteiger partial charge in [0.05, 0.1) is 11.4 Å². The maximum atomic E-state index is 12.0. The van der Waals surface area contributed by atoms with E-state index >= 15 is 0 Å². The van der Waals surface area contributed by atoms with Gasteiger partial charge in [-0.2, -0.15) is 8.42 Å². The highest BCUT2D eigenvalue weighted by Gasteiger charge is 2.14. The fourth-order valence-electron chi connectivity index (χ4n) is 1.45. The standard InChI is InChI=1S/C12H10BrClN2O3S/c13-9-3-1-2-4-10(9)15-20(18,19)16-11-6-5-8(14)7-12(11)17/h1-7,15-17H. The SMILES string of the molecule is O=S(=O)(Nc1ccc(Cl)cc1O)Nc1ccccc1Br. The monoisotopic (exact) mass is 376 g/mol. The van der Waals surface area contributed by atoms with Gasteiger partial charge in [0.25, 0.3) is 0 Å². The Hall–Kier alpha value is -1.44. The summed E-state index contributed by atoms with van der Waals surface area (Å²) < 4.78 is 29.1. The summed E-state index contributed by atoms with van der Waals surface area (Å²) >= 11 is 8.92. The number of para-hydroxylation sites is 1. The summed E-state index contributed by atoms with van der Waals surface area (Å²) in [4.78, 5) is 0. The summed E-state index contributed by atoms with van der Waals surface area (Å²) in [5, 5.41) is 9.94. The Labute approximate surface area is 129 Å². The lowest BCUT2D eigenvalue weighted by molar-refractivity contribution is 0.477. The summed E-state index contributed by atoms with van der Waals surface area (Å²) in [7, 11) is -3.88. The number of hydrogen-bond donors (Lipinski definition) is 3. The molecule has 0 aliphatic rings. The first-order valence-corrected chi connectivity index (χ1v) is 8.06. The summed E-state index contributed by atoms with van der Waals surface area (Å²) in [6.07, 6.45) is 0. The second-order valence-corrected chi connectivity index (χ2v) is 6.55. The van der Waals surface area contributed by atoms with E-state index in [1.54, 1.807) is 24.3 Å². The quantitative estimate of drug-likeness (QED) is 0.713.